The number of rotatable bonds is 3. The Labute approximate surface area is 79.4 Å². The second-order valence-corrected chi connectivity index (χ2v) is 3.86. The molecule has 1 unspecified atom stereocenters. The lowest BCUT2D eigenvalue weighted by molar-refractivity contribution is 0.516. The van der Waals surface area contributed by atoms with E-state index in [4.69, 9.17) is 5.73 Å². The van der Waals surface area contributed by atoms with Crippen LogP contribution in [-0.2, 0) is 0 Å². The number of hydrogen-bond donors (Lipinski definition) is 1. The van der Waals surface area contributed by atoms with Gasteiger partial charge in [0, 0.05) is 18.3 Å². The van der Waals surface area contributed by atoms with E-state index in [2.05, 4.69) is 30.7 Å². The van der Waals surface area contributed by atoms with E-state index < -0.39 is 0 Å². The molecule has 0 aliphatic carbocycles. The summed E-state index contributed by atoms with van der Waals surface area (Å²) in [6.07, 6.45) is 4.42. The van der Waals surface area contributed by atoms with Crippen LogP contribution < -0.4 is 5.73 Å². The van der Waals surface area contributed by atoms with E-state index >= 15 is 0 Å². The molecule has 0 aliphatic rings. The Morgan fingerprint density at radius 1 is 1.23 bits per heavy atom. The van der Waals surface area contributed by atoms with Crippen molar-refractivity contribution in [3.8, 4) is 0 Å². The van der Waals surface area contributed by atoms with E-state index in [1.165, 1.54) is 0 Å². The summed E-state index contributed by atoms with van der Waals surface area (Å²) in [7, 11) is 0. The van der Waals surface area contributed by atoms with Gasteiger partial charge < -0.3 is 5.73 Å². The molecule has 1 rings (SSSR count). The van der Waals surface area contributed by atoms with Crippen LogP contribution in [0.5, 0.6) is 0 Å². The molecule has 3 heteroatoms. The number of hydrogen-bond acceptors (Lipinski definition) is 3. The lowest BCUT2D eigenvalue weighted by Gasteiger charge is -2.13. The summed E-state index contributed by atoms with van der Waals surface area (Å²) >= 11 is 0. The highest BCUT2D eigenvalue weighted by molar-refractivity contribution is 5.35. The molecule has 0 aliphatic heterocycles. The lowest BCUT2D eigenvalue weighted by atomic mass is 9.96. The van der Waals surface area contributed by atoms with Gasteiger partial charge in [-0.05, 0) is 12.3 Å². The smallest absolute Gasteiger partial charge is 0.145 e. The maximum Gasteiger partial charge on any atom is 0.145 e. The van der Waals surface area contributed by atoms with Gasteiger partial charge in [0.15, 0.2) is 0 Å². The monoisotopic (exact) mass is 179 g/mol. The van der Waals surface area contributed by atoms with E-state index in [0.717, 1.165) is 12.1 Å². The van der Waals surface area contributed by atoms with Crippen molar-refractivity contribution in [1.82, 2.24) is 9.97 Å². The average molecular weight is 179 g/mol. The highest BCUT2D eigenvalue weighted by atomic mass is 14.9. The number of aromatic nitrogens is 2. The molecule has 1 atom stereocenters. The molecular weight excluding hydrogens is 162 g/mol. The highest BCUT2D eigenvalue weighted by Crippen LogP contribution is 2.23. The second-order valence-electron chi connectivity index (χ2n) is 3.86. The van der Waals surface area contributed by atoms with Gasteiger partial charge in [-0.15, -0.1) is 0 Å². The summed E-state index contributed by atoms with van der Waals surface area (Å²) in [6.45, 7) is 6.53. The van der Waals surface area contributed by atoms with E-state index in [1.807, 2.05) is 0 Å². The molecule has 1 aromatic rings. The Bertz CT molecular complexity index is 271. The third-order valence-electron chi connectivity index (χ3n) is 2.05. The maximum absolute atomic E-state index is 5.72. The van der Waals surface area contributed by atoms with E-state index in [-0.39, 0.29) is 0 Å². The Morgan fingerprint density at radius 2 is 1.85 bits per heavy atom. The summed E-state index contributed by atoms with van der Waals surface area (Å²) in [5.41, 5.74) is 6.65. The molecule has 0 saturated heterocycles. The van der Waals surface area contributed by atoms with Gasteiger partial charge in [0.2, 0.25) is 0 Å². The highest BCUT2D eigenvalue weighted by Gasteiger charge is 2.12. The molecule has 0 amide bonds. The van der Waals surface area contributed by atoms with Crippen LogP contribution in [0.4, 0.5) is 5.82 Å². The molecule has 72 valence electrons. The summed E-state index contributed by atoms with van der Waals surface area (Å²) < 4.78 is 0. The molecule has 3 nitrogen and oxygen atoms in total. The third-order valence-corrected chi connectivity index (χ3v) is 2.05. The molecule has 2 N–H and O–H groups in total. The summed E-state index contributed by atoms with van der Waals surface area (Å²) in [5, 5.41) is 0. The van der Waals surface area contributed by atoms with Gasteiger partial charge in [0.1, 0.15) is 5.82 Å². The van der Waals surface area contributed by atoms with Crippen LogP contribution in [0.1, 0.15) is 38.8 Å². The zero-order valence-corrected chi connectivity index (χ0v) is 8.49. The zero-order chi connectivity index (χ0) is 9.84. The summed E-state index contributed by atoms with van der Waals surface area (Å²) in [4.78, 5) is 8.27. The van der Waals surface area contributed by atoms with Gasteiger partial charge in [-0.1, -0.05) is 20.8 Å². The molecular formula is C10H17N3. The van der Waals surface area contributed by atoms with Crippen LogP contribution in [-0.4, -0.2) is 9.97 Å². The molecule has 0 fully saturated rings. The third kappa shape index (κ3) is 2.68. The molecule has 0 spiro atoms. The molecule has 0 bridgehead atoms. The zero-order valence-electron chi connectivity index (χ0n) is 8.49. The number of anilines is 1. The van der Waals surface area contributed by atoms with Crippen LogP contribution in [0.3, 0.4) is 0 Å². The minimum atomic E-state index is 0.397. The summed E-state index contributed by atoms with van der Waals surface area (Å²) in [6, 6.07) is 0. The second kappa shape index (κ2) is 4.21. The molecule has 0 saturated carbocycles. The minimum Gasteiger partial charge on any atom is -0.382 e. The van der Waals surface area contributed by atoms with Crippen molar-refractivity contribution in [2.45, 2.75) is 33.1 Å². The Morgan fingerprint density at radius 3 is 2.38 bits per heavy atom. The first-order valence-corrected chi connectivity index (χ1v) is 4.67. The molecule has 0 aromatic carbocycles. The van der Waals surface area contributed by atoms with Gasteiger partial charge in [-0.2, -0.15) is 0 Å². The molecule has 0 radical (unpaired) electrons. The summed E-state index contributed by atoms with van der Waals surface area (Å²) in [5.74, 6) is 1.63. The minimum absolute atomic E-state index is 0.397. The van der Waals surface area contributed by atoms with Crippen molar-refractivity contribution in [1.29, 1.82) is 0 Å². The van der Waals surface area contributed by atoms with Gasteiger partial charge >= 0.3 is 0 Å². The normalized spacial score (nSPS) is 13.2. The number of nitrogens with two attached hydrogens (primary N) is 1. The Hall–Kier alpha value is -1.12. The van der Waals surface area contributed by atoms with Crippen LogP contribution in [0, 0.1) is 5.92 Å². The first-order valence-electron chi connectivity index (χ1n) is 4.67. The maximum atomic E-state index is 5.72. The van der Waals surface area contributed by atoms with Crippen LogP contribution in [0.2, 0.25) is 0 Å². The first kappa shape index (κ1) is 9.96. The molecule has 1 aromatic heterocycles. The largest absolute Gasteiger partial charge is 0.382 e. The van der Waals surface area contributed by atoms with E-state index in [0.29, 0.717) is 17.7 Å². The van der Waals surface area contributed by atoms with Gasteiger partial charge in [0.25, 0.3) is 0 Å². The number of nitrogens with zero attached hydrogens (tertiary/aromatic N) is 2. The van der Waals surface area contributed by atoms with Gasteiger partial charge in [-0.3, -0.25) is 4.98 Å². The standard InChI is InChI=1S/C10H17N3/c1-7(2)6-8(3)9-10(11)13-5-4-12-9/h4-5,7-8H,6H2,1-3H3,(H2,11,13). The first-order chi connectivity index (χ1) is 6.11. The van der Waals surface area contributed by atoms with Crippen molar-refractivity contribution in [2.24, 2.45) is 5.92 Å². The average Bonchev–Trinajstić information content (AvgIpc) is 2.03. The van der Waals surface area contributed by atoms with Gasteiger partial charge in [-0.25, -0.2) is 4.98 Å². The fourth-order valence-corrected chi connectivity index (χ4v) is 1.56. The van der Waals surface area contributed by atoms with Gasteiger partial charge in [0.05, 0.1) is 5.69 Å². The molecule has 13 heavy (non-hydrogen) atoms. The van der Waals surface area contributed by atoms with Crippen molar-refractivity contribution >= 4 is 5.82 Å². The quantitative estimate of drug-likeness (QED) is 0.774. The SMILES string of the molecule is CC(C)CC(C)c1nccnc1N. The topological polar surface area (TPSA) is 51.8 Å². The Kier molecular flexibility index (Phi) is 3.23. The van der Waals surface area contributed by atoms with Crippen LogP contribution in [0.15, 0.2) is 12.4 Å². The number of nitrogen functional groups attached to an aromatic ring is 1. The fraction of sp³-hybridized carbons (Fsp3) is 0.600. The molecule has 1 heterocycles. The lowest BCUT2D eigenvalue weighted by Crippen LogP contribution is -2.06. The van der Waals surface area contributed by atoms with Crippen molar-refractivity contribution in [2.75, 3.05) is 5.73 Å². The van der Waals surface area contributed by atoms with E-state index in [9.17, 15) is 0 Å². The fourth-order valence-electron chi connectivity index (χ4n) is 1.56. The van der Waals surface area contributed by atoms with Crippen LogP contribution >= 0.6 is 0 Å². The van der Waals surface area contributed by atoms with Crippen molar-refractivity contribution in [3.05, 3.63) is 18.1 Å². The van der Waals surface area contributed by atoms with Crippen LogP contribution in [0.25, 0.3) is 0 Å². The predicted octanol–water partition coefficient (Wildman–Crippen LogP) is 2.21. The van der Waals surface area contributed by atoms with Crippen molar-refractivity contribution < 1.29 is 0 Å². The van der Waals surface area contributed by atoms with Crippen molar-refractivity contribution in [3.63, 3.8) is 0 Å². The predicted molar refractivity (Wildman–Crippen MR) is 54.3 cm³/mol. The Balaban J connectivity index is 2.76. The van der Waals surface area contributed by atoms with E-state index in [1.54, 1.807) is 12.4 Å².